The van der Waals surface area contributed by atoms with Gasteiger partial charge in [0.25, 0.3) is 0 Å². The van der Waals surface area contributed by atoms with E-state index in [-0.39, 0.29) is 23.7 Å². The monoisotopic (exact) mass is 522 g/mol. The SMILES string of the molecule is ClC1C(Cl)[C@]2(Cl)C3C([C@@H]4C[C@H]3c3c4c(-c4ccccc4)nn3-c3ccccc3)[C@@]1(Cl)[C@@H]2Cl. The van der Waals surface area contributed by atoms with Crippen LogP contribution in [0.2, 0.25) is 0 Å². The molecule has 2 aromatic carbocycles. The van der Waals surface area contributed by atoms with Crippen molar-refractivity contribution in [3.05, 3.63) is 71.9 Å². The van der Waals surface area contributed by atoms with E-state index in [4.69, 9.17) is 63.1 Å². The molecule has 2 nitrogen and oxygen atoms in total. The van der Waals surface area contributed by atoms with Crippen molar-refractivity contribution in [3.8, 4) is 16.9 Å². The van der Waals surface area contributed by atoms with E-state index in [1.54, 1.807) is 0 Å². The highest BCUT2D eigenvalue weighted by atomic mass is 35.5. The highest BCUT2D eigenvalue weighted by Gasteiger charge is 2.83. The van der Waals surface area contributed by atoms with Crippen LogP contribution in [0, 0.1) is 11.8 Å². The summed E-state index contributed by atoms with van der Waals surface area (Å²) in [6.45, 7) is 0. The fourth-order valence-electron chi connectivity index (χ4n) is 7.33. The minimum absolute atomic E-state index is 0.0713. The molecule has 4 aliphatic carbocycles. The molecule has 0 aliphatic heterocycles. The van der Waals surface area contributed by atoms with Crippen molar-refractivity contribution in [1.82, 2.24) is 9.78 Å². The molecule has 1 aromatic heterocycles. The lowest BCUT2D eigenvalue weighted by Crippen LogP contribution is -2.51. The van der Waals surface area contributed by atoms with Crippen molar-refractivity contribution in [1.29, 1.82) is 0 Å². The fraction of sp³-hybridized carbons (Fsp3) is 0.400. The van der Waals surface area contributed by atoms with Gasteiger partial charge in [-0.15, -0.1) is 58.0 Å². The summed E-state index contributed by atoms with van der Waals surface area (Å²) in [5, 5.41) is 3.72. The van der Waals surface area contributed by atoms with Gasteiger partial charge in [0.05, 0.1) is 43.0 Å². The zero-order chi connectivity index (χ0) is 22.0. The molecule has 4 unspecified atom stereocenters. The van der Waals surface area contributed by atoms with Crippen molar-refractivity contribution in [2.24, 2.45) is 11.8 Å². The molecule has 3 fully saturated rings. The number of hydrogen-bond donors (Lipinski definition) is 0. The normalized spacial score (nSPS) is 43.0. The van der Waals surface area contributed by atoms with Gasteiger partial charge in [-0.1, -0.05) is 48.5 Å². The van der Waals surface area contributed by atoms with Gasteiger partial charge < -0.3 is 0 Å². The molecular formula is C25H19Cl5N2. The molecule has 0 amide bonds. The van der Waals surface area contributed by atoms with Gasteiger partial charge in [-0.2, -0.15) is 5.10 Å². The Balaban J connectivity index is 1.49. The molecule has 4 aliphatic rings. The van der Waals surface area contributed by atoms with Crippen molar-refractivity contribution in [2.45, 2.75) is 44.1 Å². The Morgan fingerprint density at radius 2 is 1.34 bits per heavy atom. The first-order valence-electron chi connectivity index (χ1n) is 10.9. The van der Waals surface area contributed by atoms with Crippen LogP contribution in [-0.4, -0.2) is 35.7 Å². The van der Waals surface area contributed by atoms with Crippen LogP contribution in [0.1, 0.15) is 29.5 Å². The van der Waals surface area contributed by atoms with Crippen molar-refractivity contribution in [2.75, 3.05) is 0 Å². The maximum absolute atomic E-state index is 7.31. The zero-order valence-electron chi connectivity index (χ0n) is 16.8. The number of nitrogens with zero attached hydrogens (tertiary/aromatic N) is 2. The fourth-order valence-corrected chi connectivity index (χ4v) is 10.4. The number of hydrogen-bond acceptors (Lipinski definition) is 1. The summed E-state index contributed by atoms with van der Waals surface area (Å²) in [4.78, 5) is -1.67. The first-order chi connectivity index (χ1) is 15.4. The van der Waals surface area contributed by atoms with Crippen LogP contribution in [0.3, 0.4) is 0 Å². The molecule has 3 saturated carbocycles. The topological polar surface area (TPSA) is 17.8 Å². The standard InChI is InChI=1S/C25H19Cl5N2/c26-21-22(27)25(30)18-15-11-14(17(18)24(21,29)23(25)28)16-19(12-7-3-1-4-8-12)31-32(20(15)16)13-9-5-2-6-10-13/h1-10,14-15,17-18,21-23H,11H2/t14-,15-,17?,18?,21?,22?,23+,24+,25-/m1/s1. The smallest absolute Gasteiger partial charge is 0.0965 e. The lowest BCUT2D eigenvalue weighted by atomic mass is 9.69. The van der Waals surface area contributed by atoms with Gasteiger partial charge in [0.1, 0.15) is 0 Å². The van der Waals surface area contributed by atoms with Crippen LogP contribution in [0.25, 0.3) is 16.9 Å². The van der Waals surface area contributed by atoms with E-state index >= 15 is 0 Å². The predicted molar refractivity (Wildman–Crippen MR) is 132 cm³/mol. The third kappa shape index (κ3) is 2.16. The van der Waals surface area contributed by atoms with Gasteiger partial charge in [0.2, 0.25) is 0 Å². The van der Waals surface area contributed by atoms with Crippen LogP contribution in [0.5, 0.6) is 0 Å². The Hall–Kier alpha value is -0.900. The number of benzene rings is 2. The summed E-state index contributed by atoms with van der Waals surface area (Å²) < 4.78 is 2.11. The number of alkyl halides is 5. The molecule has 4 bridgehead atoms. The number of halogens is 5. The van der Waals surface area contributed by atoms with E-state index < -0.39 is 25.9 Å². The van der Waals surface area contributed by atoms with Crippen LogP contribution in [-0.2, 0) is 0 Å². The highest BCUT2D eigenvalue weighted by molar-refractivity contribution is 6.49. The molecule has 3 aromatic rings. The maximum Gasteiger partial charge on any atom is 0.0965 e. The summed E-state index contributed by atoms with van der Waals surface area (Å²) in [7, 11) is 0. The lowest BCUT2D eigenvalue weighted by Gasteiger charge is -2.45. The molecule has 9 atom stereocenters. The average Bonchev–Trinajstić information content (AvgIpc) is 3.57. The number of fused-ring (bicyclic) bond motifs is 12. The van der Waals surface area contributed by atoms with E-state index in [0.717, 1.165) is 23.4 Å². The van der Waals surface area contributed by atoms with Gasteiger partial charge in [0.15, 0.2) is 0 Å². The minimum atomic E-state index is -0.836. The molecule has 7 heteroatoms. The van der Waals surface area contributed by atoms with Crippen LogP contribution in [0.15, 0.2) is 60.7 Å². The van der Waals surface area contributed by atoms with Crippen molar-refractivity contribution >= 4 is 58.0 Å². The Kier molecular flexibility index (Phi) is 4.23. The Morgan fingerprint density at radius 3 is 1.97 bits per heavy atom. The molecule has 0 radical (unpaired) electrons. The number of para-hydroxylation sites is 1. The Morgan fingerprint density at radius 1 is 0.781 bits per heavy atom. The van der Waals surface area contributed by atoms with Gasteiger partial charge in [-0.3, -0.25) is 0 Å². The average molecular weight is 525 g/mol. The van der Waals surface area contributed by atoms with E-state index in [0.29, 0.717) is 0 Å². The van der Waals surface area contributed by atoms with Crippen molar-refractivity contribution < 1.29 is 0 Å². The second kappa shape index (κ2) is 6.61. The van der Waals surface area contributed by atoms with Crippen molar-refractivity contribution in [3.63, 3.8) is 0 Å². The third-order valence-corrected chi connectivity index (χ3v) is 12.3. The second-order valence-electron chi connectivity index (χ2n) is 9.58. The predicted octanol–water partition coefficient (Wildman–Crippen LogP) is 7.16. The number of rotatable bonds is 2. The molecular weight excluding hydrogens is 506 g/mol. The quantitative estimate of drug-likeness (QED) is 0.257. The summed E-state index contributed by atoms with van der Waals surface area (Å²) >= 11 is 35.2. The Bertz CT molecular complexity index is 1140. The zero-order valence-corrected chi connectivity index (χ0v) is 20.6. The molecule has 0 spiro atoms. The molecule has 1 heterocycles. The van der Waals surface area contributed by atoms with Gasteiger partial charge in [-0.05, 0) is 36.3 Å². The van der Waals surface area contributed by atoms with Gasteiger partial charge in [0, 0.05) is 17.0 Å². The van der Waals surface area contributed by atoms with E-state index in [1.165, 1.54) is 11.3 Å². The van der Waals surface area contributed by atoms with Crippen LogP contribution < -0.4 is 0 Å². The number of aromatic nitrogens is 2. The van der Waals surface area contributed by atoms with E-state index in [9.17, 15) is 0 Å². The highest BCUT2D eigenvalue weighted by Crippen LogP contribution is 2.79. The summed E-state index contributed by atoms with van der Waals surface area (Å²) in [6.07, 6.45) is 0.981. The lowest BCUT2D eigenvalue weighted by molar-refractivity contribution is 0.248. The first-order valence-corrected chi connectivity index (χ1v) is 13.0. The molecule has 0 N–H and O–H groups in total. The van der Waals surface area contributed by atoms with Gasteiger partial charge >= 0.3 is 0 Å². The first kappa shape index (κ1) is 20.5. The van der Waals surface area contributed by atoms with E-state index in [1.807, 2.05) is 24.3 Å². The summed E-state index contributed by atoms with van der Waals surface area (Å²) in [5.74, 6) is 0.546. The largest absolute Gasteiger partial charge is 0.237 e. The molecule has 164 valence electrons. The third-order valence-electron chi connectivity index (χ3n) is 8.39. The second-order valence-corrected chi connectivity index (χ2v) is 12.3. The molecule has 32 heavy (non-hydrogen) atoms. The Labute approximate surface area is 211 Å². The molecule has 0 saturated heterocycles. The summed E-state index contributed by atoms with van der Waals surface area (Å²) in [5.41, 5.74) is 5.67. The van der Waals surface area contributed by atoms with Crippen LogP contribution >= 0.6 is 58.0 Å². The van der Waals surface area contributed by atoms with Crippen LogP contribution in [0.4, 0.5) is 0 Å². The summed E-state index contributed by atoms with van der Waals surface area (Å²) in [6, 6.07) is 20.6. The maximum atomic E-state index is 7.31. The minimum Gasteiger partial charge on any atom is -0.237 e. The molecule has 7 rings (SSSR count). The van der Waals surface area contributed by atoms with Gasteiger partial charge in [-0.25, -0.2) is 4.68 Å². The van der Waals surface area contributed by atoms with E-state index in [2.05, 4.69) is 41.1 Å².